The minimum atomic E-state index is -0.697. The molecule has 1 fully saturated rings. The molecule has 0 saturated carbocycles. The summed E-state index contributed by atoms with van der Waals surface area (Å²) in [5.74, 6) is -0.221. The Balaban J connectivity index is 2.65. The van der Waals surface area contributed by atoms with E-state index in [1.807, 2.05) is 41.5 Å². The van der Waals surface area contributed by atoms with Crippen LogP contribution in [0.1, 0.15) is 54.4 Å². The maximum atomic E-state index is 12.2. The fourth-order valence-corrected chi connectivity index (χ4v) is 2.00. The van der Waals surface area contributed by atoms with Gasteiger partial charge in [0.2, 0.25) is 0 Å². The highest BCUT2D eigenvalue weighted by Gasteiger charge is 2.43. The molecule has 1 heterocycles. The monoisotopic (exact) mass is 257 g/mol. The van der Waals surface area contributed by atoms with Gasteiger partial charge in [-0.05, 0) is 41.5 Å². The molecule has 4 heteroatoms. The van der Waals surface area contributed by atoms with E-state index < -0.39 is 11.0 Å². The second kappa shape index (κ2) is 5.17. The van der Waals surface area contributed by atoms with E-state index in [1.165, 1.54) is 0 Å². The van der Waals surface area contributed by atoms with Crippen LogP contribution in [0, 0.1) is 5.41 Å². The Kier molecular flexibility index (Phi) is 4.44. The number of carbonyl (C=O) groups is 1. The SMILES string of the molecule is CC1CC(OC(=O)C(C)(C)C(C)(C)N)CC(C)O1. The van der Waals surface area contributed by atoms with Crippen LogP contribution >= 0.6 is 0 Å². The summed E-state index contributed by atoms with van der Waals surface area (Å²) in [6.07, 6.45) is 1.74. The Morgan fingerprint density at radius 1 is 1.17 bits per heavy atom. The van der Waals surface area contributed by atoms with Crippen LogP contribution in [-0.2, 0) is 14.3 Å². The summed E-state index contributed by atoms with van der Waals surface area (Å²) < 4.78 is 11.3. The Hall–Kier alpha value is -0.610. The smallest absolute Gasteiger partial charge is 0.313 e. The number of ether oxygens (including phenoxy) is 2. The van der Waals surface area contributed by atoms with Gasteiger partial charge in [-0.15, -0.1) is 0 Å². The van der Waals surface area contributed by atoms with Gasteiger partial charge in [-0.25, -0.2) is 0 Å². The van der Waals surface area contributed by atoms with Crippen LogP contribution in [-0.4, -0.2) is 29.8 Å². The number of carbonyl (C=O) groups excluding carboxylic acids is 1. The van der Waals surface area contributed by atoms with Crippen molar-refractivity contribution in [1.82, 2.24) is 0 Å². The van der Waals surface area contributed by atoms with Crippen molar-refractivity contribution in [3.05, 3.63) is 0 Å². The highest BCUT2D eigenvalue weighted by molar-refractivity contribution is 5.77. The third-order valence-electron chi connectivity index (χ3n) is 4.05. The average molecular weight is 257 g/mol. The van der Waals surface area contributed by atoms with Gasteiger partial charge in [-0.1, -0.05) is 0 Å². The minimum absolute atomic E-state index is 0.0575. The maximum Gasteiger partial charge on any atom is 0.313 e. The van der Waals surface area contributed by atoms with E-state index in [4.69, 9.17) is 15.2 Å². The minimum Gasteiger partial charge on any atom is -0.462 e. The lowest BCUT2D eigenvalue weighted by Crippen LogP contribution is -2.53. The van der Waals surface area contributed by atoms with E-state index in [2.05, 4.69) is 0 Å². The molecule has 0 bridgehead atoms. The first-order valence-corrected chi connectivity index (χ1v) is 6.69. The molecule has 2 unspecified atom stereocenters. The van der Waals surface area contributed by atoms with Gasteiger partial charge < -0.3 is 15.2 Å². The molecule has 0 spiro atoms. The molecule has 0 aromatic carbocycles. The van der Waals surface area contributed by atoms with Crippen molar-refractivity contribution in [3.8, 4) is 0 Å². The molecule has 18 heavy (non-hydrogen) atoms. The van der Waals surface area contributed by atoms with Crippen LogP contribution in [0.5, 0.6) is 0 Å². The summed E-state index contributed by atoms with van der Waals surface area (Å²) >= 11 is 0. The third-order valence-corrected chi connectivity index (χ3v) is 4.05. The molecule has 0 aliphatic carbocycles. The van der Waals surface area contributed by atoms with Gasteiger partial charge in [-0.3, -0.25) is 4.79 Å². The van der Waals surface area contributed by atoms with E-state index in [1.54, 1.807) is 0 Å². The highest BCUT2D eigenvalue weighted by Crippen LogP contribution is 2.32. The molecule has 2 N–H and O–H groups in total. The quantitative estimate of drug-likeness (QED) is 0.788. The van der Waals surface area contributed by atoms with E-state index >= 15 is 0 Å². The number of nitrogens with two attached hydrogens (primary N) is 1. The number of hydrogen-bond acceptors (Lipinski definition) is 4. The van der Waals surface area contributed by atoms with Crippen molar-refractivity contribution < 1.29 is 14.3 Å². The molecule has 1 rings (SSSR count). The van der Waals surface area contributed by atoms with Gasteiger partial charge in [0.15, 0.2) is 0 Å². The van der Waals surface area contributed by atoms with Crippen LogP contribution in [0.15, 0.2) is 0 Å². The normalized spacial score (nSPS) is 30.1. The van der Waals surface area contributed by atoms with Crippen molar-refractivity contribution >= 4 is 5.97 Å². The van der Waals surface area contributed by atoms with Gasteiger partial charge in [0, 0.05) is 18.4 Å². The first kappa shape index (κ1) is 15.4. The van der Waals surface area contributed by atoms with Crippen molar-refractivity contribution in [2.75, 3.05) is 0 Å². The molecule has 0 radical (unpaired) electrons. The van der Waals surface area contributed by atoms with Crippen LogP contribution < -0.4 is 5.73 Å². The molecule has 0 aromatic heterocycles. The van der Waals surface area contributed by atoms with E-state index in [0.29, 0.717) is 0 Å². The summed E-state index contributed by atoms with van der Waals surface area (Å²) in [5, 5.41) is 0. The number of rotatable bonds is 3. The molecule has 0 aromatic rings. The van der Waals surface area contributed by atoms with E-state index in [-0.39, 0.29) is 24.3 Å². The second-order valence-corrected chi connectivity index (χ2v) is 6.60. The van der Waals surface area contributed by atoms with Crippen molar-refractivity contribution in [2.45, 2.75) is 78.2 Å². The summed E-state index contributed by atoms with van der Waals surface area (Å²) in [6, 6.07) is 0. The Labute approximate surface area is 110 Å². The molecule has 1 aliphatic rings. The van der Waals surface area contributed by atoms with Gasteiger partial charge in [0.05, 0.1) is 17.6 Å². The molecular formula is C14H27NO3. The van der Waals surface area contributed by atoms with Gasteiger partial charge in [0.25, 0.3) is 0 Å². The average Bonchev–Trinajstić information content (AvgIpc) is 2.13. The first-order valence-electron chi connectivity index (χ1n) is 6.69. The van der Waals surface area contributed by atoms with Crippen molar-refractivity contribution in [3.63, 3.8) is 0 Å². The van der Waals surface area contributed by atoms with Crippen molar-refractivity contribution in [2.24, 2.45) is 11.1 Å². The molecular weight excluding hydrogens is 230 g/mol. The van der Waals surface area contributed by atoms with Crippen molar-refractivity contribution in [1.29, 1.82) is 0 Å². The Morgan fingerprint density at radius 2 is 1.61 bits per heavy atom. The standard InChI is InChI=1S/C14H27NO3/c1-9-7-11(8-10(2)17-9)18-12(16)13(3,4)14(5,6)15/h9-11H,7-8,15H2,1-6H3. The summed E-state index contributed by atoms with van der Waals surface area (Å²) in [7, 11) is 0. The summed E-state index contributed by atoms with van der Waals surface area (Å²) in [6.45, 7) is 11.4. The lowest BCUT2D eigenvalue weighted by atomic mass is 9.75. The predicted molar refractivity (Wildman–Crippen MR) is 71.2 cm³/mol. The molecule has 4 nitrogen and oxygen atoms in total. The lowest BCUT2D eigenvalue weighted by molar-refractivity contribution is -0.172. The summed E-state index contributed by atoms with van der Waals surface area (Å²) in [5.41, 5.74) is 4.75. The third kappa shape index (κ3) is 3.45. The van der Waals surface area contributed by atoms with Crippen LogP contribution in [0.4, 0.5) is 0 Å². The largest absolute Gasteiger partial charge is 0.462 e. The van der Waals surface area contributed by atoms with E-state index in [0.717, 1.165) is 12.8 Å². The lowest BCUT2D eigenvalue weighted by Gasteiger charge is -2.39. The zero-order valence-electron chi connectivity index (χ0n) is 12.4. The highest BCUT2D eigenvalue weighted by atomic mass is 16.6. The molecule has 0 amide bonds. The van der Waals surface area contributed by atoms with Gasteiger partial charge in [0.1, 0.15) is 6.10 Å². The second-order valence-electron chi connectivity index (χ2n) is 6.60. The Morgan fingerprint density at radius 3 is 2.00 bits per heavy atom. The fraction of sp³-hybridized carbons (Fsp3) is 0.929. The Bertz CT molecular complexity index is 297. The molecule has 106 valence electrons. The van der Waals surface area contributed by atoms with Gasteiger partial charge >= 0.3 is 5.97 Å². The molecule has 1 aliphatic heterocycles. The van der Waals surface area contributed by atoms with Crippen LogP contribution in [0.25, 0.3) is 0 Å². The fourth-order valence-electron chi connectivity index (χ4n) is 2.00. The zero-order valence-corrected chi connectivity index (χ0v) is 12.4. The maximum absolute atomic E-state index is 12.2. The van der Waals surface area contributed by atoms with Gasteiger partial charge in [-0.2, -0.15) is 0 Å². The molecule has 1 saturated heterocycles. The molecule has 2 atom stereocenters. The predicted octanol–water partition coefficient (Wildman–Crippen LogP) is 2.25. The summed E-state index contributed by atoms with van der Waals surface area (Å²) in [4.78, 5) is 12.2. The topological polar surface area (TPSA) is 61.5 Å². The number of esters is 1. The van der Waals surface area contributed by atoms with Crippen LogP contribution in [0.2, 0.25) is 0 Å². The first-order chi connectivity index (χ1) is 8.04. The van der Waals surface area contributed by atoms with E-state index in [9.17, 15) is 4.79 Å². The van der Waals surface area contributed by atoms with Crippen LogP contribution in [0.3, 0.4) is 0 Å². The zero-order chi connectivity index (χ0) is 14.1. The number of hydrogen-bond donors (Lipinski definition) is 1.